The van der Waals surface area contributed by atoms with Crippen molar-refractivity contribution in [3.63, 3.8) is 0 Å². The molecule has 24 heavy (non-hydrogen) atoms. The summed E-state index contributed by atoms with van der Waals surface area (Å²) in [5, 5.41) is 5.43. The SMILES string of the molecule is COc1ccc(Cl)cc1-c1noc(C2CC2c2ccc(Cl)cc2)n1. The molecule has 2 atom stereocenters. The molecule has 0 aliphatic heterocycles. The number of nitrogens with zero attached hydrogens (tertiary/aromatic N) is 2. The smallest absolute Gasteiger partial charge is 0.230 e. The highest BCUT2D eigenvalue weighted by molar-refractivity contribution is 6.31. The van der Waals surface area contributed by atoms with E-state index in [4.69, 9.17) is 32.5 Å². The van der Waals surface area contributed by atoms with Gasteiger partial charge in [0.25, 0.3) is 0 Å². The third-order valence-electron chi connectivity index (χ3n) is 4.25. The fourth-order valence-electron chi connectivity index (χ4n) is 2.90. The van der Waals surface area contributed by atoms with E-state index in [2.05, 4.69) is 10.1 Å². The number of ether oxygens (including phenoxy) is 1. The second kappa shape index (κ2) is 6.11. The van der Waals surface area contributed by atoms with Crippen molar-refractivity contribution in [3.05, 3.63) is 64.0 Å². The molecule has 1 fully saturated rings. The maximum absolute atomic E-state index is 6.07. The van der Waals surface area contributed by atoms with Gasteiger partial charge in [-0.3, -0.25) is 0 Å². The van der Waals surface area contributed by atoms with E-state index in [0.717, 1.165) is 17.0 Å². The van der Waals surface area contributed by atoms with Crippen LogP contribution in [0.1, 0.15) is 29.7 Å². The largest absolute Gasteiger partial charge is 0.496 e. The van der Waals surface area contributed by atoms with Crippen molar-refractivity contribution in [3.8, 4) is 17.1 Å². The zero-order chi connectivity index (χ0) is 16.7. The molecular weight excluding hydrogens is 347 g/mol. The topological polar surface area (TPSA) is 48.2 Å². The maximum atomic E-state index is 6.07. The quantitative estimate of drug-likeness (QED) is 0.631. The summed E-state index contributed by atoms with van der Waals surface area (Å²) in [4.78, 5) is 4.54. The van der Waals surface area contributed by atoms with Gasteiger partial charge in [0.2, 0.25) is 11.7 Å². The van der Waals surface area contributed by atoms with Crippen LogP contribution in [0.15, 0.2) is 47.0 Å². The minimum atomic E-state index is 0.248. The van der Waals surface area contributed by atoms with Crippen LogP contribution in [-0.2, 0) is 0 Å². The number of aromatic nitrogens is 2. The van der Waals surface area contributed by atoms with Gasteiger partial charge in [0, 0.05) is 16.0 Å². The van der Waals surface area contributed by atoms with Crippen molar-refractivity contribution in [2.24, 2.45) is 0 Å². The molecule has 6 heteroatoms. The van der Waals surface area contributed by atoms with E-state index >= 15 is 0 Å². The minimum Gasteiger partial charge on any atom is -0.496 e. The van der Waals surface area contributed by atoms with E-state index < -0.39 is 0 Å². The summed E-state index contributed by atoms with van der Waals surface area (Å²) in [6, 6.07) is 13.2. The van der Waals surface area contributed by atoms with E-state index in [-0.39, 0.29) is 5.92 Å². The minimum absolute atomic E-state index is 0.248. The highest BCUT2D eigenvalue weighted by Gasteiger charge is 2.43. The van der Waals surface area contributed by atoms with Crippen molar-refractivity contribution in [1.82, 2.24) is 10.1 Å². The van der Waals surface area contributed by atoms with Crippen LogP contribution in [0.4, 0.5) is 0 Å². The molecule has 1 aliphatic rings. The van der Waals surface area contributed by atoms with Crippen molar-refractivity contribution in [2.45, 2.75) is 18.3 Å². The van der Waals surface area contributed by atoms with Crippen LogP contribution in [0.5, 0.6) is 5.75 Å². The molecule has 1 heterocycles. The summed E-state index contributed by atoms with van der Waals surface area (Å²) in [7, 11) is 1.60. The molecule has 1 aromatic heterocycles. The first kappa shape index (κ1) is 15.5. The van der Waals surface area contributed by atoms with Crippen molar-refractivity contribution < 1.29 is 9.26 Å². The summed E-state index contributed by atoms with van der Waals surface area (Å²) in [5.41, 5.74) is 1.97. The van der Waals surface area contributed by atoms with Crippen molar-refractivity contribution >= 4 is 23.2 Å². The lowest BCUT2D eigenvalue weighted by atomic mass is 10.1. The Balaban J connectivity index is 1.58. The lowest BCUT2D eigenvalue weighted by Gasteiger charge is -2.04. The van der Waals surface area contributed by atoms with Gasteiger partial charge in [0.05, 0.1) is 12.7 Å². The van der Waals surface area contributed by atoms with Crippen LogP contribution in [0.25, 0.3) is 11.4 Å². The van der Waals surface area contributed by atoms with Gasteiger partial charge in [-0.15, -0.1) is 0 Å². The molecule has 122 valence electrons. The average molecular weight is 361 g/mol. The van der Waals surface area contributed by atoms with Crippen molar-refractivity contribution in [1.29, 1.82) is 0 Å². The molecule has 1 aliphatic carbocycles. The molecule has 1 saturated carbocycles. The molecule has 4 rings (SSSR count). The molecule has 2 aromatic carbocycles. The molecule has 0 N–H and O–H groups in total. The third kappa shape index (κ3) is 2.87. The normalized spacial score (nSPS) is 19.3. The summed E-state index contributed by atoms with van der Waals surface area (Å²) < 4.78 is 10.8. The number of rotatable bonds is 4. The van der Waals surface area contributed by atoms with Gasteiger partial charge in [0.1, 0.15) is 5.75 Å². The van der Waals surface area contributed by atoms with Crippen LogP contribution < -0.4 is 4.74 Å². The predicted octanol–water partition coefficient (Wildman–Crippen LogP) is 5.32. The highest BCUT2D eigenvalue weighted by Crippen LogP contribution is 2.54. The maximum Gasteiger partial charge on any atom is 0.230 e. The third-order valence-corrected chi connectivity index (χ3v) is 4.74. The number of hydrogen-bond acceptors (Lipinski definition) is 4. The van der Waals surface area contributed by atoms with E-state index in [1.54, 1.807) is 25.3 Å². The van der Waals surface area contributed by atoms with Gasteiger partial charge in [0.15, 0.2) is 0 Å². The van der Waals surface area contributed by atoms with Crippen LogP contribution >= 0.6 is 23.2 Å². The molecule has 2 unspecified atom stereocenters. The molecule has 0 radical (unpaired) electrons. The molecule has 3 aromatic rings. The summed E-state index contributed by atoms with van der Waals surface area (Å²) in [6.07, 6.45) is 0.996. The molecule has 0 spiro atoms. The second-order valence-corrected chi connectivity index (χ2v) is 6.67. The fraction of sp³-hybridized carbons (Fsp3) is 0.222. The van der Waals surface area contributed by atoms with Gasteiger partial charge in [-0.05, 0) is 48.2 Å². The summed E-state index contributed by atoms with van der Waals surface area (Å²) in [6.45, 7) is 0. The van der Waals surface area contributed by atoms with E-state index in [1.165, 1.54) is 5.56 Å². The fourth-order valence-corrected chi connectivity index (χ4v) is 3.19. The van der Waals surface area contributed by atoms with Crippen LogP contribution in [0.2, 0.25) is 10.0 Å². The Morgan fingerprint density at radius 3 is 2.54 bits per heavy atom. The number of benzene rings is 2. The monoisotopic (exact) mass is 360 g/mol. The van der Waals surface area contributed by atoms with Gasteiger partial charge in [-0.25, -0.2) is 0 Å². The van der Waals surface area contributed by atoms with Crippen molar-refractivity contribution in [2.75, 3.05) is 7.11 Å². The molecule has 0 saturated heterocycles. The Kier molecular flexibility index (Phi) is 3.94. The van der Waals surface area contributed by atoms with Crippen LogP contribution in [0, 0.1) is 0 Å². The first-order valence-electron chi connectivity index (χ1n) is 7.58. The number of halogens is 2. The van der Waals surface area contributed by atoms with Crippen LogP contribution in [0.3, 0.4) is 0 Å². The highest BCUT2D eigenvalue weighted by atomic mass is 35.5. The predicted molar refractivity (Wildman–Crippen MR) is 92.8 cm³/mol. The standard InChI is InChI=1S/C18H14Cl2N2O2/c1-23-16-7-6-12(20)8-15(16)17-21-18(24-22-17)14-9-13(14)10-2-4-11(19)5-3-10/h2-8,13-14H,9H2,1H3. The molecule has 0 bridgehead atoms. The van der Waals surface area contributed by atoms with E-state index in [1.807, 2.05) is 24.3 Å². The van der Waals surface area contributed by atoms with Gasteiger partial charge in [-0.2, -0.15) is 4.98 Å². The number of methoxy groups -OCH3 is 1. The molecule has 4 nitrogen and oxygen atoms in total. The first-order valence-corrected chi connectivity index (χ1v) is 8.34. The van der Waals surface area contributed by atoms with Crippen LogP contribution in [-0.4, -0.2) is 17.3 Å². The Bertz CT molecular complexity index is 877. The van der Waals surface area contributed by atoms with Gasteiger partial charge >= 0.3 is 0 Å². The summed E-state index contributed by atoms with van der Waals surface area (Å²) in [5.74, 6) is 2.45. The lowest BCUT2D eigenvalue weighted by molar-refractivity contribution is 0.378. The summed E-state index contributed by atoms with van der Waals surface area (Å²) >= 11 is 12.0. The Labute approximate surface area is 149 Å². The zero-order valence-corrected chi connectivity index (χ0v) is 14.4. The molecule has 0 amide bonds. The van der Waals surface area contributed by atoms with E-state index in [0.29, 0.717) is 28.4 Å². The number of hydrogen-bond donors (Lipinski definition) is 0. The first-order chi connectivity index (χ1) is 11.7. The van der Waals surface area contributed by atoms with Gasteiger partial charge < -0.3 is 9.26 Å². The zero-order valence-electron chi connectivity index (χ0n) is 12.9. The van der Waals surface area contributed by atoms with Gasteiger partial charge in [-0.1, -0.05) is 40.5 Å². The van der Waals surface area contributed by atoms with E-state index in [9.17, 15) is 0 Å². The second-order valence-electron chi connectivity index (χ2n) is 5.80. The molecular formula is C18H14Cl2N2O2. The average Bonchev–Trinajstić information content (AvgIpc) is 3.24. The Morgan fingerprint density at radius 1 is 1.04 bits per heavy atom. The Hall–Kier alpha value is -2.04. The Morgan fingerprint density at radius 2 is 1.79 bits per heavy atom. The lowest BCUT2D eigenvalue weighted by Crippen LogP contribution is -1.90.